The highest BCUT2D eigenvalue weighted by molar-refractivity contribution is 7.89. The number of hydrogen-bond donors (Lipinski definition) is 0. The zero-order valence-corrected chi connectivity index (χ0v) is 13.6. The van der Waals surface area contributed by atoms with E-state index in [4.69, 9.17) is 11.6 Å². The van der Waals surface area contributed by atoms with Crippen LogP contribution in [0.3, 0.4) is 0 Å². The summed E-state index contributed by atoms with van der Waals surface area (Å²) in [6.45, 7) is 0. The second-order valence-electron chi connectivity index (χ2n) is 5.79. The maximum absolute atomic E-state index is 13.3. The average molecular weight is 354 g/mol. The molecule has 0 N–H and O–H groups in total. The van der Waals surface area contributed by atoms with Gasteiger partial charge in [0.1, 0.15) is 12.1 Å². The third-order valence-electron chi connectivity index (χ3n) is 4.52. The summed E-state index contributed by atoms with van der Waals surface area (Å²) >= 11 is 5.75. The minimum absolute atomic E-state index is 0.0149. The lowest BCUT2D eigenvalue weighted by molar-refractivity contribution is 0.300. The first-order chi connectivity index (χ1) is 11.0. The molecule has 0 spiro atoms. The molecule has 2 bridgehead atoms. The Morgan fingerprint density at radius 2 is 2.13 bits per heavy atom. The highest BCUT2D eigenvalue weighted by Crippen LogP contribution is 2.45. The summed E-state index contributed by atoms with van der Waals surface area (Å²) < 4.78 is 40.9. The summed E-state index contributed by atoms with van der Waals surface area (Å²) in [4.78, 5) is 8.31. The fourth-order valence-electron chi connectivity index (χ4n) is 3.50. The van der Waals surface area contributed by atoms with E-state index >= 15 is 0 Å². The Labute approximate surface area is 138 Å². The van der Waals surface area contributed by atoms with E-state index in [-0.39, 0.29) is 22.0 Å². The van der Waals surface area contributed by atoms with Gasteiger partial charge in [-0.1, -0.05) is 11.6 Å². The lowest BCUT2D eigenvalue weighted by Crippen LogP contribution is -2.42. The number of hydrogen-bond acceptors (Lipinski definition) is 4. The van der Waals surface area contributed by atoms with Crippen LogP contribution in [0.15, 0.2) is 35.6 Å². The van der Waals surface area contributed by atoms with Crippen molar-refractivity contribution in [3.63, 3.8) is 0 Å². The van der Waals surface area contributed by atoms with Crippen LogP contribution < -0.4 is 0 Å². The quantitative estimate of drug-likeness (QED) is 0.832. The van der Waals surface area contributed by atoms with E-state index in [1.807, 2.05) is 0 Å². The highest BCUT2D eigenvalue weighted by atomic mass is 35.5. The third kappa shape index (κ3) is 2.26. The van der Waals surface area contributed by atoms with Gasteiger partial charge in [0.25, 0.3) is 0 Å². The van der Waals surface area contributed by atoms with E-state index in [0.717, 1.165) is 30.2 Å². The Hall–Kier alpha value is -1.57. The summed E-state index contributed by atoms with van der Waals surface area (Å²) in [6, 6.07) is 3.11. The van der Waals surface area contributed by atoms with Gasteiger partial charge in [0, 0.05) is 24.2 Å². The van der Waals surface area contributed by atoms with Crippen molar-refractivity contribution in [1.82, 2.24) is 14.3 Å². The summed E-state index contributed by atoms with van der Waals surface area (Å²) in [5.41, 5.74) is 1.77. The van der Waals surface area contributed by atoms with Crippen molar-refractivity contribution in [1.29, 1.82) is 0 Å². The Kier molecular flexibility index (Phi) is 3.40. The van der Waals surface area contributed by atoms with Crippen LogP contribution in [0.25, 0.3) is 0 Å². The van der Waals surface area contributed by atoms with Crippen LogP contribution in [-0.2, 0) is 16.4 Å². The van der Waals surface area contributed by atoms with Crippen molar-refractivity contribution in [3.05, 3.63) is 52.8 Å². The van der Waals surface area contributed by atoms with Gasteiger partial charge in [-0.2, -0.15) is 4.31 Å². The minimum atomic E-state index is -3.75. The first-order valence-corrected chi connectivity index (χ1v) is 9.07. The Morgan fingerprint density at radius 1 is 1.30 bits per heavy atom. The number of nitrogens with zero attached hydrogens (tertiary/aromatic N) is 3. The van der Waals surface area contributed by atoms with Crippen molar-refractivity contribution in [2.75, 3.05) is 0 Å². The van der Waals surface area contributed by atoms with Gasteiger partial charge < -0.3 is 0 Å². The lowest BCUT2D eigenvalue weighted by atomic mass is 10.0. The molecule has 0 aliphatic carbocycles. The molecule has 5 nitrogen and oxygen atoms in total. The van der Waals surface area contributed by atoms with E-state index < -0.39 is 15.8 Å². The van der Waals surface area contributed by atoms with Crippen molar-refractivity contribution in [2.24, 2.45) is 0 Å². The molecule has 1 aromatic carbocycles. The van der Waals surface area contributed by atoms with E-state index in [0.29, 0.717) is 6.42 Å². The normalized spacial score (nSPS) is 23.7. The molecule has 1 aromatic heterocycles. The SMILES string of the molecule is O=S(=O)(c1ccc(F)c(Cl)c1)N1C2CCC1c1cncnc1C2. The van der Waals surface area contributed by atoms with Gasteiger partial charge in [0.05, 0.1) is 21.7 Å². The topological polar surface area (TPSA) is 63.2 Å². The number of halogens is 2. The predicted molar refractivity (Wildman–Crippen MR) is 81.9 cm³/mol. The molecule has 0 amide bonds. The van der Waals surface area contributed by atoms with Crippen LogP contribution in [0, 0.1) is 5.82 Å². The molecular weight excluding hydrogens is 341 g/mol. The van der Waals surface area contributed by atoms with Gasteiger partial charge >= 0.3 is 0 Å². The molecular formula is C15H13ClFN3O2S. The van der Waals surface area contributed by atoms with Crippen molar-refractivity contribution < 1.29 is 12.8 Å². The third-order valence-corrected chi connectivity index (χ3v) is 6.77. The molecule has 2 atom stereocenters. The zero-order chi connectivity index (χ0) is 16.2. The van der Waals surface area contributed by atoms with E-state index in [1.54, 1.807) is 6.20 Å². The number of sulfonamides is 1. The number of benzene rings is 1. The Morgan fingerprint density at radius 3 is 2.91 bits per heavy atom. The van der Waals surface area contributed by atoms with Crippen LogP contribution in [0.2, 0.25) is 5.02 Å². The summed E-state index contributed by atoms with van der Waals surface area (Å²) in [6.07, 6.45) is 5.26. The molecule has 3 heterocycles. The van der Waals surface area contributed by atoms with Crippen LogP contribution in [0.5, 0.6) is 0 Å². The monoisotopic (exact) mass is 353 g/mol. The van der Waals surface area contributed by atoms with E-state index in [2.05, 4.69) is 9.97 Å². The number of aromatic nitrogens is 2. The minimum Gasteiger partial charge on any atom is -0.244 e. The predicted octanol–water partition coefficient (Wildman–Crippen LogP) is 2.72. The molecule has 2 aliphatic heterocycles. The molecule has 23 heavy (non-hydrogen) atoms. The summed E-state index contributed by atoms with van der Waals surface area (Å²) in [7, 11) is -3.75. The van der Waals surface area contributed by atoms with Crippen LogP contribution in [0.1, 0.15) is 30.1 Å². The van der Waals surface area contributed by atoms with E-state index in [1.165, 1.54) is 22.8 Å². The average Bonchev–Trinajstić information content (AvgIpc) is 2.86. The number of rotatable bonds is 2. The van der Waals surface area contributed by atoms with Crippen LogP contribution in [-0.4, -0.2) is 28.7 Å². The van der Waals surface area contributed by atoms with Crippen molar-refractivity contribution >= 4 is 21.6 Å². The first kappa shape index (κ1) is 15.0. The highest BCUT2D eigenvalue weighted by Gasteiger charge is 2.47. The second-order valence-corrected chi connectivity index (χ2v) is 8.04. The summed E-state index contributed by atoms with van der Waals surface area (Å²) in [5, 5.41) is -0.195. The summed E-state index contributed by atoms with van der Waals surface area (Å²) in [5.74, 6) is -0.633. The van der Waals surface area contributed by atoms with Crippen molar-refractivity contribution in [3.8, 4) is 0 Å². The maximum Gasteiger partial charge on any atom is 0.243 e. The molecule has 120 valence electrons. The second kappa shape index (κ2) is 5.22. The molecule has 1 fully saturated rings. The van der Waals surface area contributed by atoms with Gasteiger partial charge in [0.2, 0.25) is 10.0 Å². The van der Waals surface area contributed by atoms with Crippen LogP contribution in [0.4, 0.5) is 4.39 Å². The van der Waals surface area contributed by atoms with Gasteiger partial charge in [-0.25, -0.2) is 22.8 Å². The standard InChI is InChI=1S/C15H13ClFN3O2S/c16-12-6-10(2-3-13(12)17)23(21,22)20-9-1-4-15(20)11-7-18-8-19-14(11)5-9/h2-3,6-9,15H,1,4-5H2. The molecule has 8 heteroatoms. The van der Waals surface area contributed by atoms with Crippen LogP contribution >= 0.6 is 11.6 Å². The van der Waals surface area contributed by atoms with Crippen molar-refractivity contribution in [2.45, 2.75) is 36.2 Å². The Bertz CT molecular complexity index is 890. The fourth-order valence-corrected chi connectivity index (χ4v) is 5.63. The first-order valence-electron chi connectivity index (χ1n) is 7.26. The fraction of sp³-hybridized carbons (Fsp3) is 0.333. The molecule has 1 saturated heterocycles. The molecule has 2 aromatic rings. The molecule has 2 unspecified atom stereocenters. The molecule has 4 rings (SSSR count). The van der Waals surface area contributed by atoms with Gasteiger partial charge in [-0.3, -0.25) is 0 Å². The van der Waals surface area contributed by atoms with E-state index in [9.17, 15) is 12.8 Å². The smallest absolute Gasteiger partial charge is 0.243 e. The van der Waals surface area contributed by atoms with Gasteiger partial charge in [-0.05, 0) is 31.0 Å². The number of fused-ring (bicyclic) bond motifs is 4. The van der Waals surface area contributed by atoms with Gasteiger partial charge in [0.15, 0.2) is 0 Å². The molecule has 0 radical (unpaired) electrons. The lowest BCUT2D eigenvalue weighted by Gasteiger charge is -2.34. The largest absolute Gasteiger partial charge is 0.244 e. The Balaban J connectivity index is 1.80. The molecule has 0 saturated carbocycles. The van der Waals surface area contributed by atoms with Gasteiger partial charge in [-0.15, -0.1) is 0 Å². The zero-order valence-electron chi connectivity index (χ0n) is 12.0. The maximum atomic E-state index is 13.3. The molecule has 2 aliphatic rings.